The van der Waals surface area contributed by atoms with Crippen molar-refractivity contribution in [3.05, 3.63) is 23.8 Å². The SMILES string of the molecule is COc1ccc(CN(C)C(=O)C2C3CCC(C3)C2N)cc1O. The lowest BCUT2D eigenvalue weighted by Crippen LogP contribution is -2.45. The molecule has 4 atom stereocenters. The number of phenolic OH excluding ortho intramolecular Hbond substituents is 1. The molecule has 1 aromatic rings. The fourth-order valence-corrected chi connectivity index (χ4v) is 4.14. The molecule has 1 aromatic carbocycles. The van der Waals surface area contributed by atoms with E-state index in [-0.39, 0.29) is 23.6 Å². The molecule has 0 aromatic heterocycles. The number of hydrogen-bond acceptors (Lipinski definition) is 4. The highest BCUT2D eigenvalue weighted by Gasteiger charge is 2.49. The number of fused-ring (bicyclic) bond motifs is 2. The van der Waals surface area contributed by atoms with Crippen molar-refractivity contribution >= 4 is 5.91 Å². The molecule has 0 aliphatic heterocycles. The van der Waals surface area contributed by atoms with Crippen molar-refractivity contribution in [1.82, 2.24) is 4.90 Å². The lowest BCUT2D eigenvalue weighted by molar-refractivity contribution is -0.137. The van der Waals surface area contributed by atoms with Crippen LogP contribution in [-0.2, 0) is 11.3 Å². The molecule has 0 spiro atoms. The van der Waals surface area contributed by atoms with E-state index >= 15 is 0 Å². The topological polar surface area (TPSA) is 75.8 Å². The highest BCUT2D eigenvalue weighted by Crippen LogP contribution is 2.48. The van der Waals surface area contributed by atoms with Crippen LogP contribution in [0, 0.1) is 17.8 Å². The van der Waals surface area contributed by atoms with Gasteiger partial charge in [-0.05, 0) is 48.8 Å². The maximum Gasteiger partial charge on any atom is 0.227 e. The summed E-state index contributed by atoms with van der Waals surface area (Å²) in [5.41, 5.74) is 7.13. The number of amides is 1. The molecular weight excluding hydrogens is 280 g/mol. The van der Waals surface area contributed by atoms with E-state index in [4.69, 9.17) is 10.5 Å². The maximum absolute atomic E-state index is 12.7. The Morgan fingerprint density at radius 2 is 2.14 bits per heavy atom. The first-order valence-electron chi connectivity index (χ1n) is 7.87. The molecule has 2 bridgehead atoms. The molecule has 2 aliphatic rings. The van der Waals surface area contributed by atoms with Gasteiger partial charge in [-0.25, -0.2) is 0 Å². The van der Waals surface area contributed by atoms with Gasteiger partial charge in [0.2, 0.25) is 5.91 Å². The molecule has 0 radical (unpaired) electrons. The Kier molecular flexibility index (Phi) is 4.00. The summed E-state index contributed by atoms with van der Waals surface area (Å²) in [6, 6.07) is 5.23. The first-order chi connectivity index (χ1) is 10.5. The molecule has 4 unspecified atom stereocenters. The Labute approximate surface area is 131 Å². The third-order valence-corrected chi connectivity index (χ3v) is 5.31. The van der Waals surface area contributed by atoms with Crippen molar-refractivity contribution in [2.45, 2.75) is 31.8 Å². The smallest absolute Gasteiger partial charge is 0.227 e. The van der Waals surface area contributed by atoms with E-state index in [1.807, 2.05) is 13.1 Å². The molecule has 2 aliphatic carbocycles. The average molecular weight is 304 g/mol. The fourth-order valence-electron chi connectivity index (χ4n) is 4.14. The Morgan fingerprint density at radius 3 is 2.73 bits per heavy atom. The summed E-state index contributed by atoms with van der Waals surface area (Å²) in [5.74, 6) is 1.62. The van der Waals surface area contributed by atoms with Crippen LogP contribution in [0.1, 0.15) is 24.8 Å². The summed E-state index contributed by atoms with van der Waals surface area (Å²) in [4.78, 5) is 14.4. The van der Waals surface area contributed by atoms with E-state index in [2.05, 4.69) is 0 Å². The highest BCUT2D eigenvalue weighted by atomic mass is 16.5. The van der Waals surface area contributed by atoms with Gasteiger partial charge in [0, 0.05) is 19.6 Å². The van der Waals surface area contributed by atoms with Crippen LogP contribution in [0.25, 0.3) is 0 Å². The van der Waals surface area contributed by atoms with Crippen molar-refractivity contribution in [2.75, 3.05) is 14.2 Å². The number of phenols is 1. The summed E-state index contributed by atoms with van der Waals surface area (Å²) in [5, 5.41) is 9.83. The number of carbonyl (C=O) groups excluding carboxylic acids is 1. The molecule has 0 heterocycles. The molecule has 5 heteroatoms. The van der Waals surface area contributed by atoms with Gasteiger partial charge in [-0.3, -0.25) is 4.79 Å². The molecule has 3 N–H and O–H groups in total. The Balaban J connectivity index is 1.68. The molecule has 22 heavy (non-hydrogen) atoms. The molecule has 2 saturated carbocycles. The second-order valence-electron chi connectivity index (χ2n) is 6.64. The van der Waals surface area contributed by atoms with Crippen molar-refractivity contribution in [3.8, 4) is 11.5 Å². The van der Waals surface area contributed by atoms with Gasteiger partial charge in [-0.2, -0.15) is 0 Å². The van der Waals surface area contributed by atoms with E-state index in [0.29, 0.717) is 24.1 Å². The van der Waals surface area contributed by atoms with Gasteiger partial charge >= 0.3 is 0 Å². The Morgan fingerprint density at radius 1 is 1.41 bits per heavy atom. The van der Waals surface area contributed by atoms with Gasteiger partial charge in [-0.15, -0.1) is 0 Å². The monoisotopic (exact) mass is 304 g/mol. The van der Waals surface area contributed by atoms with Crippen molar-refractivity contribution in [2.24, 2.45) is 23.5 Å². The number of aromatic hydroxyl groups is 1. The first-order valence-corrected chi connectivity index (χ1v) is 7.87. The number of benzene rings is 1. The first kappa shape index (κ1) is 15.2. The van der Waals surface area contributed by atoms with E-state index in [1.165, 1.54) is 13.5 Å². The number of nitrogens with two attached hydrogens (primary N) is 1. The van der Waals surface area contributed by atoms with Gasteiger partial charge < -0.3 is 20.5 Å². The predicted octanol–water partition coefficient (Wildman–Crippen LogP) is 1.73. The van der Waals surface area contributed by atoms with Crippen LogP contribution in [0.2, 0.25) is 0 Å². The van der Waals surface area contributed by atoms with Crippen LogP contribution in [-0.4, -0.2) is 36.1 Å². The zero-order valence-electron chi connectivity index (χ0n) is 13.2. The van der Waals surface area contributed by atoms with Gasteiger partial charge in [0.05, 0.1) is 13.0 Å². The van der Waals surface area contributed by atoms with E-state index < -0.39 is 0 Å². The minimum absolute atomic E-state index is 0.0120. The van der Waals surface area contributed by atoms with E-state index in [1.54, 1.807) is 17.0 Å². The van der Waals surface area contributed by atoms with Gasteiger partial charge in [0.15, 0.2) is 11.5 Å². The van der Waals surface area contributed by atoms with Crippen LogP contribution in [0.15, 0.2) is 18.2 Å². The lowest BCUT2D eigenvalue weighted by atomic mass is 9.84. The third-order valence-electron chi connectivity index (χ3n) is 5.31. The minimum atomic E-state index is -0.0319. The van der Waals surface area contributed by atoms with Crippen LogP contribution >= 0.6 is 0 Å². The number of methoxy groups -OCH3 is 1. The number of hydrogen-bond donors (Lipinski definition) is 2. The summed E-state index contributed by atoms with van der Waals surface area (Å²) in [6.07, 6.45) is 3.41. The summed E-state index contributed by atoms with van der Waals surface area (Å²) in [7, 11) is 3.32. The summed E-state index contributed by atoms with van der Waals surface area (Å²) < 4.78 is 5.03. The summed E-state index contributed by atoms with van der Waals surface area (Å²) >= 11 is 0. The number of rotatable bonds is 4. The lowest BCUT2D eigenvalue weighted by Gasteiger charge is -2.31. The molecular formula is C17H24N2O3. The van der Waals surface area contributed by atoms with Crippen molar-refractivity contribution in [1.29, 1.82) is 0 Å². The van der Waals surface area contributed by atoms with Crippen LogP contribution in [0.3, 0.4) is 0 Å². The largest absolute Gasteiger partial charge is 0.504 e. The van der Waals surface area contributed by atoms with Crippen molar-refractivity contribution < 1.29 is 14.6 Å². The Bertz CT molecular complexity index is 573. The van der Waals surface area contributed by atoms with Crippen LogP contribution < -0.4 is 10.5 Å². The van der Waals surface area contributed by atoms with Gasteiger partial charge in [0.25, 0.3) is 0 Å². The number of ether oxygens (including phenoxy) is 1. The molecule has 5 nitrogen and oxygen atoms in total. The second kappa shape index (κ2) is 5.80. The molecule has 2 fully saturated rings. The Hall–Kier alpha value is -1.75. The van der Waals surface area contributed by atoms with E-state index in [0.717, 1.165) is 18.4 Å². The zero-order valence-corrected chi connectivity index (χ0v) is 13.2. The summed E-state index contributed by atoms with van der Waals surface area (Å²) in [6.45, 7) is 0.469. The van der Waals surface area contributed by atoms with Crippen LogP contribution in [0.5, 0.6) is 11.5 Å². The molecule has 1 amide bonds. The van der Waals surface area contributed by atoms with Crippen molar-refractivity contribution in [3.63, 3.8) is 0 Å². The predicted molar refractivity (Wildman–Crippen MR) is 83.4 cm³/mol. The van der Waals surface area contributed by atoms with Gasteiger partial charge in [0.1, 0.15) is 0 Å². The highest BCUT2D eigenvalue weighted by molar-refractivity contribution is 5.80. The third kappa shape index (κ3) is 2.54. The second-order valence-corrected chi connectivity index (χ2v) is 6.64. The standard InChI is InChI=1S/C17H24N2O3/c1-19(9-10-3-6-14(22-2)13(20)7-10)17(21)15-11-4-5-12(8-11)16(15)18/h3,6-7,11-12,15-16,20H,4-5,8-9,18H2,1-2H3. The minimum Gasteiger partial charge on any atom is -0.504 e. The van der Waals surface area contributed by atoms with Crippen LogP contribution in [0.4, 0.5) is 0 Å². The molecule has 0 saturated heterocycles. The zero-order chi connectivity index (χ0) is 15.9. The maximum atomic E-state index is 12.7. The normalized spacial score (nSPS) is 29.6. The van der Waals surface area contributed by atoms with E-state index in [9.17, 15) is 9.90 Å². The quantitative estimate of drug-likeness (QED) is 0.888. The number of nitrogens with zero attached hydrogens (tertiary/aromatic N) is 1. The van der Waals surface area contributed by atoms with Gasteiger partial charge in [-0.1, -0.05) is 6.07 Å². The fraction of sp³-hybridized carbons (Fsp3) is 0.588. The average Bonchev–Trinajstić information content (AvgIpc) is 3.07. The molecule has 3 rings (SSSR count). The number of carbonyl (C=O) groups is 1. The molecule has 120 valence electrons.